The molecule has 0 aliphatic carbocycles. The van der Waals surface area contributed by atoms with Gasteiger partial charge in [0.2, 0.25) is 5.91 Å². The SMILES string of the molecule is COc1ccc(Cn2c(S[C@H](C)C(=O)Nc3cccc(OC)c3)nc3ccccc3c2=O)cc1. The Kier molecular flexibility index (Phi) is 7.18. The van der Waals surface area contributed by atoms with E-state index in [0.29, 0.717) is 34.0 Å². The number of carbonyl (C=O) groups is 1. The van der Waals surface area contributed by atoms with Crippen LogP contribution in [0.3, 0.4) is 0 Å². The number of nitrogens with one attached hydrogen (secondary N) is 1. The molecule has 0 saturated carbocycles. The van der Waals surface area contributed by atoms with Crippen LogP contribution in [0.5, 0.6) is 11.5 Å². The third-order valence-corrected chi connectivity index (χ3v) is 6.41. The molecule has 0 aliphatic rings. The second kappa shape index (κ2) is 10.4. The van der Waals surface area contributed by atoms with Crippen LogP contribution < -0.4 is 20.3 Å². The van der Waals surface area contributed by atoms with Crippen LogP contribution >= 0.6 is 11.8 Å². The molecule has 0 radical (unpaired) electrons. The first-order chi connectivity index (χ1) is 16.5. The van der Waals surface area contributed by atoms with Gasteiger partial charge in [-0.1, -0.05) is 42.1 Å². The van der Waals surface area contributed by atoms with E-state index in [0.717, 1.165) is 11.3 Å². The van der Waals surface area contributed by atoms with Crippen molar-refractivity contribution in [3.8, 4) is 11.5 Å². The summed E-state index contributed by atoms with van der Waals surface area (Å²) in [5, 5.41) is 3.42. The van der Waals surface area contributed by atoms with E-state index in [1.807, 2.05) is 48.5 Å². The molecule has 0 saturated heterocycles. The van der Waals surface area contributed by atoms with Gasteiger partial charge in [0.05, 0.1) is 36.9 Å². The van der Waals surface area contributed by atoms with E-state index >= 15 is 0 Å². The zero-order chi connectivity index (χ0) is 24.1. The van der Waals surface area contributed by atoms with Crippen LogP contribution in [0.2, 0.25) is 0 Å². The van der Waals surface area contributed by atoms with Crippen molar-refractivity contribution < 1.29 is 14.3 Å². The molecule has 34 heavy (non-hydrogen) atoms. The Morgan fingerprint density at radius 1 is 1.00 bits per heavy atom. The standard InChI is InChI=1S/C26H25N3O4S/c1-17(24(30)27-19-7-6-8-21(15-19)33-3)34-26-28-23-10-5-4-9-22(23)25(31)29(26)16-18-11-13-20(32-2)14-12-18/h4-15,17H,16H2,1-3H3,(H,27,30)/t17-/m1/s1. The Balaban J connectivity index is 1.63. The van der Waals surface area contributed by atoms with Gasteiger partial charge in [-0.3, -0.25) is 14.2 Å². The van der Waals surface area contributed by atoms with E-state index in [-0.39, 0.29) is 11.5 Å². The molecule has 8 heteroatoms. The zero-order valence-electron chi connectivity index (χ0n) is 19.1. The van der Waals surface area contributed by atoms with Gasteiger partial charge in [0, 0.05) is 11.8 Å². The molecule has 1 heterocycles. The van der Waals surface area contributed by atoms with E-state index in [2.05, 4.69) is 5.32 Å². The molecule has 7 nitrogen and oxygen atoms in total. The lowest BCUT2D eigenvalue weighted by Gasteiger charge is -2.17. The number of hydrogen-bond donors (Lipinski definition) is 1. The van der Waals surface area contributed by atoms with Gasteiger partial charge >= 0.3 is 0 Å². The normalized spacial score (nSPS) is 11.7. The van der Waals surface area contributed by atoms with Crippen LogP contribution in [0, 0.1) is 0 Å². The minimum Gasteiger partial charge on any atom is -0.497 e. The quantitative estimate of drug-likeness (QED) is 0.297. The van der Waals surface area contributed by atoms with Crippen molar-refractivity contribution in [2.75, 3.05) is 19.5 Å². The fourth-order valence-electron chi connectivity index (χ4n) is 3.45. The van der Waals surface area contributed by atoms with Gasteiger partial charge in [-0.25, -0.2) is 4.98 Å². The fraction of sp³-hybridized carbons (Fsp3) is 0.192. The predicted molar refractivity (Wildman–Crippen MR) is 135 cm³/mol. The van der Waals surface area contributed by atoms with Gasteiger partial charge in [0.15, 0.2) is 5.16 Å². The van der Waals surface area contributed by atoms with Crippen molar-refractivity contribution in [2.24, 2.45) is 0 Å². The Labute approximate surface area is 201 Å². The minimum atomic E-state index is -0.499. The highest BCUT2D eigenvalue weighted by Crippen LogP contribution is 2.25. The first kappa shape index (κ1) is 23.4. The molecule has 0 unspecified atom stereocenters. The van der Waals surface area contributed by atoms with Crippen LogP contribution in [0.15, 0.2) is 82.7 Å². The summed E-state index contributed by atoms with van der Waals surface area (Å²) in [5.74, 6) is 1.20. The average molecular weight is 476 g/mol. The maximum atomic E-state index is 13.4. The highest BCUT2D eigenvalue weighted by molar-refractivity contribution is 8.00. The second-order valence-corrected chi connectivity index (χ2v) is 8.94. The number of hydrogen-bond acceptors (Lipinski definition) is 6. The minimum absolute atomic E-state index is 0.149. The van der Waals surface area contributed by atoms with Gasteiger partial charge in [0.1, 0.15) is 11.5 Å². The molecule has 174 valence electrons. The van der Waals surface area contributed by atoms with Crippen molar-refractivity contribution in [3.63, 3.8) is 0 Å². The van der Waals surface area contributed by atoms with Gasteiger partial charge in [0.25, 0.3) is 5.56 Å². The molecule has 1 atom stereocenters. The summed E-state index contributed by atoms with van der Waals surface area (Å²) in [5.41, 5.74) is 2.01. The van der Waals surface area contributed by atoms with Crippen molar-refractivity contribution in [2.45, 2.75) is 23.9 Å². The van der Waals surface area contributed by atoms with Crippen molar-refractivity contribution in [3.05, 3.63) is 88.7 Å². The van der Waals surface area contributed by atoms with Crippen molar-refractivity contribution in [1.82, 2.24) is 9.55 Å². The number of benzene rings is 3. The molecule has 1 amide bonds. The number of aromatic nitrogens is 2. The summed E-state index contributed by atoms with van der Waals surface area (Å²) in [6.07, 6.45) is 0. The topological polar surface area (TPSA) is 82.4 Å². The van der Waals surface area contributed by atoms with E-state index in [1.165, 1.54) is 11.8 Å². The molecule has 4 aromatic rings. The van der Waals surface area contributed by atoms with Crippen molar-refractivity contribution in [1.29, 1.82) is 0 Å². The first-order valence-corrected chi connectivity index (χ1v) is 11.6. The predicted octanol–water partition coefficient (Wildman–Crippen LogP) is 4.58. The highest BCUT2D eigenvalue weighted by atomic mass is 32.2. The van der Waals surface area contributed by atoms with Gasteiger partial charge < -0.3 is 14.8 Å². The molecule has 3 aromatic carbocycles. The summed E-state index contributed by atoms with van der Waals surface area (Å²) in [6.45, 7) is 2.12. The number of ether oxygens (including phenoxy) is 2. The number of anilines is 1. The first-order valence-electron chi connectivity index (χ1n) is 10.7. The Bertz CT molecular complexity index is 1370. The summed E-state index contributed by atoms with van der Waals surface area (Å²) in [4.78, 5) is 31.0. The van der Waals surface area contributed by atoms with Crippen LogP contribution in [0.1, 0.15) is 12.5 Å². The number of methoxy groups -OCH3 is 2. The van der Waals surface area contributed by atoms with E-state index in [4.69, 9.17) is 14.5 Å². The Hall–Kier alpha value is -3.78. The number of carbonyl (C=O) groups excluding carboxylic acids is 1. The lowest BCUT2D eigenvalue weighted by molar-refractivity contribution is -0.115. The monoisotopic (exact) mass is 475 g/mol. The lowest BCUT2D eigenvalue weighted by atomic mass is 10.2. The molecular formula is C26H25N3O4S. The highest BCUT2D eigenvalue weighted by Gasteiger charge is 2.20. The smallest absolute Gasteiger partial charge is 0.262 e. The number of nitrogens with zero attached hydrogens (tertiary/aromatic N) is 2. The van der Waals surface area contributed by atoms with Gasteiger partial charge in [-0.2, -0.15) is 0 Å². The number of thioether (sulfide) groups is 1. The molecule has 0 aliphatic heterocycles. The third-order valence-electron chi connectivity index (χ3n) is 5.32. The molecule has 1 N–H and O–H groups in total. The largest absolute Gasteiger partial charge is 0.497 e. The molecule has 0 spiro atoms. The number of fused-ring (bicyclic) bond motifs is 1. The average Bonchev–Trinajstić information content (AvgIpc) is 2.86. The molecular weight excluding hydrogens is 450 g/mol. The Morgan fingerprint density at radius 2 is 1.74 bits per heavy atom. The Morgan fingerprint density at radius 3 is 2.47 bits per heavy atom. The van der Waals surface area contributed by atoms with Gasteiger partial charge in [-0.15, -0.1) is 0 Å². The zero-order valence-corrected chi connectivity index (χ0v) is 20.0. The maximum Gasteiger partial charge on any atom is 0.262 e. The van der Waals surface area contributed by atoms with Crippen LogP contribution in [0.25, 0.3) is 10.9 Å². The van der Waals surface area contributed by atoms with Crippen molar-refractivity contribution >= 4 is 34.3 Å². The molecule has 4 rings (SSSR count). The van der Waals surface area contributed by atoms with Gasteiger partial charge in [-0.05, 0) is 48.9 Å². The van der Waals surface area contributed by atoms with Crippen LogP contribution in [0.4, 0.5) is 5.69 Å². The fourth-order valence-corrected chi connectivity index (χ4v) is 4.35. The number of amides is 1. The van der Waals surface area contributed by atoms with Crippen LogP contribution in [-0.2, 0) is 11.3 Å². The van der Waals surface area contributed by atoms with E-state index in [1.54, 1.807) is 50.0 Å². The van der Waals surface area contributed by atoms with E-state index in [9.17, 15) is 9.59 Å². The molecule has 0 bridgehead atoms. The summed E-state index contributed by atoms with van der Waals surface area (Å²) in [7, 11) is 3.19. The summed E-state index contributed by atoms with van der Waals surface area (Å²) < 4.78 is 12.1. The summed E-state index contributed by atoms with van der Waals surface area (Å²) >= 11 is 1.25. The van der Waals surface area contributed by atoms with E-state index < -0.39 is 5.25 Å². The number of rotatable bonds is 8. The lowest BCUT2D eigenvalue weighted by Crippen LogP contribution is -2.27. The molecule has 0 fully saturated rings. The molecule has 1 aromatic heterocycles. The van der Waals surface area contributed by atoms with Crippen LogP contribution in [-0.4, -0.2) is 34.9 Å². The second-order valence-electron chi connectivity index (χ2n) is 7.63. The third kappa shape index (κ3) is 5.23. The maximum absolute atomic E-state index is 13.4. The summed E-state index contributed by atoms with van der Waals surface area (Å²) in [6, 6.07) is 21.9. The number of para-hydroxylation sites is 1.